The third-order valence-corrected chi connectivity index (χ3v) is 5.61. The van der Waals surface area contributed by atoms with E-state index < -0.39 is 17.4 Å². The van der Waals surface area contributed by atoms with E-state index in [1.54, 1.807) is 0 Å². The Hall–Kier alpha value is -0.160. The molecule has 0 unspecified atom stereocenters. The second-order valence-electron chi connectivity index (χ2n) is 6.17. The molecule has 4 heterocycles. The van der Waals surface area contributed by atoms with Crippen molar-refractivity contribution < 1.29 is 19.3 Å². The van der Waals surface area contributed by atoms with E-state index in [0.717, 1.165) is 12.8 Å². The molecule has 0 aromatic heterocycles. The molecule has 4 saturated heterocycles. The highest BCUT2D eigenvalue weighted by atomic mass is 16.9. The molecule has 0 aromatic carbocycles. The molecule has 4 aliphatic rings. The molecule has 104 valence electrons. The molecule has 0 aliphatic carbocycles. The first kappa shape index (κ1) is 12.9. The number of hydrogen-bond acceptors (Lipinski definition) is 4. The highest BCUT2D eigenvalue weighted by molar-refractivity contribution is 5.10. The van der Waals surface area contributed by atoms with Crippen molar-refractivity contribution in [1.29, 1.82) is 0 Å². The van der Waals surface area contributed by atoms with Gasteiger partial charge in [-0.1, -0.05) is 34.6 Å². The van der Waals surface area contributed by atoms with Crippen LogP contribution in [0.4, 0.5) is 0 Å². The quantitative estimate of drug-likeness (QED) is 0.823. The molecule has 1 N–H and O–H groups in total. The Labute approximate surface area is 109 Å². The molecule has 4 fully saturated rings. The van der Waals surface area contributed by atoms with E-state index in [2.05, 4.69) is 6.92 Å². The second-order valence-corrected chi connectivity index (χ2v) is 6.17. The van der Waals surface area contributed by atoms with E-state index in [0.29, 0.717) is 0 Å². The van der Waals surface area contributed by atoms with E-state index in [-0.39, 0.29) is 23.9 Å². The minimum Gasteiger partial charge on any atom is -0.365 e. The average Bonchev–Trinajstić information content (AvgIpc) is 2.37. The van der Waals surface area contributed by atoms with Crippen molar-refractivity contribution in [2.45, 2.75) is 70.9 Å². The van der Waals surface area contributed by atoms with Crippen LogP contribution in [0, 0.1) is 17.8 Å². The summed E-state index contributed by atoms with van der Waals surface area (Å²) in [6.07, 6.45) is 1.48. The number of rotatable bonds is 2. The van der Waals surface area contributed by atoms with Crippen LogP contribution in [-0.4, -0.2) is 28.6 Å². The largest absolute Gasteiger partial charge is 0.365 e. The number of ether oxygens (including phenoxy) is 3. The zero-order valence-corrected chi connectivity index (χ0v) is 11.9. The minimum atomic E-state index is -1.13. The maximum atomic E-state index is 11.0. The van der Waals surface area contributed by atoms with E-state index in [4.69, 9.17) is 14.2 Å². The Balaban J connectivity index is 2.13. The molecule has 0 radical (unpaired) electrons. The summed E-state index contributed by atoms with van der Waals surface area (Å²) in [6.45, 7) is 10.2. The number of aliphatic hydroxyl groups is 1. The van der Waals surface area contributed by atoms with Gasteiger partial charge < -0.3 is 19.3 Å². The van der Waals surface area contributed by atoms with E-state index >= 15 is 0 Å². The molecule has 18 heavy (non-hydrogen) atoms. The Morgan fingerprint density at radius 3 is 2.11 bits per heavy atom. The molecule has 4 rings (SSSR count). The molecule has 4 bridgehead atoms. The van der Waals surface area contributed by atoms with Crippen molar-refractivity contribution in [1.82, 2.24) is 0 Å². The third-order valence-electron chi connectivity index (χ3n) is 5.61. The highest BCUT2D eigenvalue weighted by Gasteiger charge is 2.74. The van der Waals surface area contributed by atoms with Gasteiger partial charge >= 0.3 is 0 Å². The molecule has 4 nitrogen and oxygen atoms in total. The van der Waals surface area contributed by atoms with Crippen LogP contribution < -0.4 is 0 Å². The fraction of sp³-hybridized carbons (Fsp3) is 1.00. The lowest BCUT2D eigenvalue weighted by Gasteiger charge is -2.70. The maximum Gasteiger partial charge on any atom is 0.181 e. The van der Waals surface area contributed by atoms with Crippen LogP contribution in [0.1, 0.15) is 47.5 Å². The van der Waals surface area contributed by atoms with Gasteiger partial charge in [0.1, 0.15) is 0 Å². The van der Waals surface area contributed by atoms with Gasteiger partial charge in [-0.15, -0.1) is 0 Å². The van der Waals surface area contributed by atoms with Gasteiger partial charge in [0.05, 0.1) is 12.0 Å². The monoisotopic (exact) mass is 256 g/mol. The van der Waals surface area contributed by atoms with Gasteiger partial charge in [-0.2, -0.15) is 0 Å². The Morgan fingerprint density at radius 2 is 1.56 bits per heavy atom. The molecule has 0 spiro atoms. The summed E-state index contributed by atoms with van der Waals surface area (Å²) in [5.41, 5.74) is 0. The summed E-state index contributed by atoms with van der Waals surface area (Å²) in [4.78, 5) is 0. The van der Waals surface area contributed by atoms with Crippen molar-refractivity contribution in [2.24, 2.45) is 17.8 Å². The Morgan fingerprint density at radius 1 is 0.944 bits per heavy atom. The molecule has 7 atom stereocenters. The zero-order valence-electron chi connectivity index (χ0n) is 11.9. The van der Waals surface area contributed by atoms with Crippen LogP contribution in [0.25, 0.3) is 0 Å². The van der Waals surface area contributed by atoms with Crippen molar-refractivity contribution in [2.75, 3.05) is 0 Å². The van der Waals surface area contributed by atoms with Gasteiger partial charge in [-0.25, -0.2) is 0 Å². The van der Waals surface area contributed by atoms with Gasteiger partial charge in [0.15, 0.2) is 17.4 Å². The molecule has 0 aromatic rings. The summed E-state index contributed by atoms with van der Waals surface area (Å²) in [6, 6.07) is 0. The minimum absolute atomic E-state index is 0.00796. The van der Waals surface area contributed by atoms with Crippen LogP contribution in [0.15, 0.2) is 0 Å². The lowest BCUT2D eigenvalue weighted by atomic mass is 9.66. The summed E-state index contributed by atoms with van der Waals surface area (Å²) in [7, 11) is 0. The smallest absolute Gasteiger partial charge is 0.181 e. The van der Waals surface area contributed by atoms with Crippen LogP contribution >= 0.6 is 0 Å². The summed E-state index contributed by atoms with van der Waals surface area (Å²) in [5, 5.41) is 11.0. The van der Waals surface area contributed by atoms with Crippen LogP contribution in [0.3, 0.4) is 0 Å². The Kier molecular flexibility index (Phi) is 2.49. The molecular weight excluding hydrogens is 232 g/mol. The van der Waals surface area contributed by atoms with Crippen LogP contribution in [0.2, 0.25) is 0 Å². The fourth-order valence-corrected chi connectivity index (χ4v) is 4.16. The van der Waals surface area contributed by atoms with E-state index in [9.17, 15) is 5.11 Å². The van der Waals surface area contributed by atoms with Gasteiger partial charge in [-0.3, -0.25) is 0 Å². The summed E-state index contributed by atoms with van der Waals surface area (Å²) < 4.78 is 18.5. The van der Waals surface area contributed by atoms with Gasteiger partial charge in [0.2, 0.25) is 0 Å². The lowest BCUT2D eigenvalue weighted by Crippen LogP contribution is -2.81. The van der Waals surface area contributed by atoms with Crippen LogP contribution in [0.5, 0.6) is 0 Å². The molecule has 0 amide bonds. The number of hydrogen-bond donors (Lipinski definition) is 1. The fourth-order valence-electron chi connectivity index (χ4n) is 4.16. The average molecular weight is 256 g/mol. The molecule has 4 heteroatoms. The predicted octanol–water partition coefficient (Wildman–Crippen LogP) is 2.26. The topological polar surface area (TPSA) is 47.9 Å². The molecular formula is C14H24O4. The van der Waals surface area contributed by atoms with Gasteiger partial charge in [0.25, 0.3) is 0 Å². The normalized spacial score (nSPS) is 62.3. The SMILES string of the molecule is CC[C@@]12O[C@@]3(CC)O[C@@H]([C@@H]1C)[C@H](C)[C@@](O)(O2)[C@H]3C. The summed E-state index contributed by atoms with van der Waals surface area (Å²) >= 11 is 0. The van der Waals surface area contributed by atoms with E-state index in [1.807, 2.05) is 27.7 Å². The van der Waals surface area contributed by atoms with Crippen LogP contribution in [-0.2, 0) is 14.2 Å². The van der Waals surface area contributed by atoms with Crippen molar-refractivity contribution in [3.8, 4) is 0 Å². The van der Waals surface area contributed by atoms with Gasteiger partial charge in [-0.05, 0) is 12.8 Å². The van der Waals surface area contributed by atoms with Crippen molar-refractivity contribution >= 4 is 0 Å². The zero-order chi connectivity index (χ0) is 13.3. The van der Waals surface area contributed by atoms with Gasteiger partial charge in [0, 0.05) is 11.8 Å². The third kappa shape index (κ3) is 1.16. The van der Waals surface area contributed by atoms with Crippen molar-refractivity contribution in [3.05, 3.63) is 0 Å². The first-order valence-electron chi connectivity index (χ1n) is 7.15. The first-order chi connectivity index (χ1) is 8.35. The molecule has 0 saturated carbocycles. The first-order valence-corrected chi connectivity index (χ1v) is 7.15. The molecule has 4 aliphatic heterocycles. The summed E-state index contributed by atoms with van der Waals surface area (Å²) in [5.74, 6) is -2.55. The highest BCUT2D eigenvalue weighted by Crippen LogP contribution is 2.62. The second kappa shape index (κ2) is 3.48. The Bertz CT molecular complexity index is 347. The lowest BCUT2D eigenvalue weighted by molar-refractivity contribution is -0.585. The predicted molar refractivity (Wildman–Crippen MR) is 65.5 cm³/mol. The van der Waals surface area contributed by atoms with E-state index in [1.165, 1.54) is 0 Å². The standard InChI is InChI=1S/C14H24O4/c1-6-12-8(3)11-9(4)14(15,18-12)10(5)13(7-2,16-11)17-12/h8-11,15H,6-7H2,1-5H3/t8-,9-,10-,11-,12-,13+,14+/m0/s1. The maximum absolute atomic E-state index is 11.0. The van der Waals surface area contributed by atoms with Crippen molar-refractivity contribution in [3.63, 3.8) is 0 Å².